The third-order valence-corrected chi connectivity index (χ3v) is 0. The molecule has 3 heteroatoms. The summed E-state index contributed by atoms with van der Waals surface area (Å²) in [6.07, 6.45) is 0. The summed E-state index contributed by atoms with van der Waals surface area (Å²) < 4.78 is -0.285. The molecule has 0 rings (SSSR count). The summed E-state index contributed by atoms with van der Waals surface area (Å²) in [5, 5.41) is 0. The minimum atomic E-state index is -0.285. The summed E-state index contributed by atoms with van der Waals surface area (Å²) >= 11 is 12.1. The number of halogens is 2. The van der Waals surface area contributed by atoms with Crippen LogP contribution in [0.5, 0.6) is 0 Å². The fourth-order valence-electron chi connectivity index (χ4n) is 0. The van der Waals surface area contributed by atoms with E-state index in [9.17, 15) is 0 Å². The molecule has 0 nitrogen and oxygen atoms in total. The van der Waals surface area contributed by atoms with Crippen LogP contribution in [0.2, 0.25) is 0 Å². The van der Waals surface area contributed by atoms with Gasteiger partial charge in [0.2, 0.25) is 0 Å². The summed E-state index contributed by atoms with van der Waals surface area (Å²) in [6, 6.07) is 0. The van der Waals surface area contributed by atoms with Crippen LogP contribution in [0.1, 0.15) is 0 Å². The number of alkyl halides is 2. The average Bonchev–Trinajstić information content (AvgIpc) is 0.811. The standard InChI is InChI=1S/CHAsCl2/c2-1(3)4/h1H. The van der Waals surface area contributed by atoms with Crippen molar-refractivity contribution < 1.29 is 0 Å². The van der Waals surface area contributed by atoms with Gasteiger partial charge in [-0.3, -0.25) is 0 Å². The van der Waals surface area contributed by atoms with Gasteiger partial charge >= 0.3 is 43.7 Å². The molecule has 0 fully saturated rings. The first-order valence-corrected chi connectivity index (χ1v) is 2.65. The van der Waals surface area contributed by atoms with Crippen LogP contribution in [-0.4, -0.2) is 20.5 Å². The first-order chi connectivity index (χ1) is 1.73. The molecule has 0 atom stereocenters. The Bertz CT molecular complexity index is 10.8. The number of hydrogen-bond donors (Lipinski definition) is 0. The number of rotatable bonds is 0. The van der Waals surface area contributed by atoms with E-state index in [4.69, 9.17) is 23.2 Å². The summed E-state index contributed by atoms with van der Waals surface area (Å²) in [7, 11) is 0. The van der Waals surface area contributed by atoms with Gasteiger partial charge in [-0.25, -0.2) is 0 Å². The number of hydrogen-bond acceptors (Lipinski definition) is 0. The van der Waals surface area contributed by atoms with E-state index in [0.29, 0.717) is 0 Å². The molecule has 0 amide bonds. The zero-order chi connectivity index (χ0) is 3.58. The molecule has 0 N–H and O–H groups in total. The minimum absolute atomic E-state index is 0.285. The van der Waals surface area contributed by atoms with Crippen molar-refractivity contribution >= 4 is 40.1 Å². The topological polar surface area (TPSA) is 0 Å². The maximum absolute atomic E-state index is 5.01. The molecule has 0 aromatic carbocycles. The van der Waals surface area contributed by atoms with Crippen molar-refractivity contribution in [3.63, 3.8) is 0 Å². The van der Waals surface area contributed by atoms with Crippen LogP contribution in [0.15, 0.2) is 0 Å². The molecule has 0 saturated heterocycles. The van der Waals surface area contributed by atoms with E-state index in [1.807, 2.05) is 0 Å². The Morgan fingerprint density at radius 3 is 1.50 bits per heavy atom. The normalized spacial score (nSPS) is 9.00. The molecular weight excluding hydrogens is 158 g/mol. The Kier molecular flexibility index (Phi) is 3.06. The van der Waals surface area contributed by atoms with Gasteiger partial charge in [0.05, 0.1) is 0 Å². The fraction of sp³-hybridized carbons (Fsp3) is 1.00. The van der Waals surface area contributed by atoms with Gasteiger partial charge in [0.25, 0.3) is 0 Å². The Balaban J connectivity index is 2.32. The van der Waals surface area contributed by atoms with Gasteiger partial charge in [-0.2, -0.15) is 0 Å². The van der Waals surface area contributed by atoms with Gasteiger partial charge in [0.1, 0.15) is 0 Å². The quantitative estimate of drug-likeness (QED) is 0.364. The van der Waals surface area contributed by atoms with E-state index in [2.05, 4.69) is 16.9 Å². The Labute approximate surface area is 44.0 Å². The van der Waals surface area contributed by atoms with Crippen LogP contribution in [0.25, 0.3) is 0 Å². The van der Waals surface area contributed by atoms with Crippen molar-refractivity contribution in [2.45, 2.75) is 3.62 Å². The average molecular weight is 159 g/mol. The summed E-state index contributed by atoms with van der Waals surface area (Å²) in [6.45, 7) is 0. The molecule has 2 radical (unpaired) electrons. The third-order valence-electron chi connectivity index (χ3n) is 0. The fourth-order valence-corrected chi connectivity index (χ4v) is 0. The van der Waals surface area contributed by atoms with Gasteiger partial charge in [-0.05, 0) is 0 Å². The summed E-state index contributed by atoms with van der Waals surface area (Å²) in [4.78, 5) is 0. The van der Waals surface area contributed by atoms with Gasteiger partial charge in [0.15, 0.2) is 0 Å². The summed E-state index contributed by atoms with van der Waals surface area (Å²) in [5.41, 5.74) is 0. The van der Waals surface area contributed by atoms with Crippen molar-refractivity contribution in [2.24, 2.45) is 0 Å². The van der Waals surface area contributed by atoms with Crippen LogP contribution in [-0.2, 0) is 0 Å². The Morgan fingerprint density at radius 2 is 1.50 bits per heavy atom. The molecule has 0 aliphatic heterocycles. The van der Waals surface area contributed by atoms with E-state index in [1.165, 1.54) is 0 Å². The van der Waals surface area contributed by atoms with Gasteiger partial charge < -0.3 is 0 Å². The summed E-state index contributed by atoms with van der Waals surface area (Å²) in [5.74, 6) is 0. The molecule has 0 bridgehead atoms. The zero-order valence-corrected chi connectivity index (χ0v) is 5.17. The van der Waals surface area contributed by atoms with Crippen molar-refractivity contribution in [3.8, 4) is 0 Å². The molecule has 0 aliphatic rings. The van der Waals surface area contributed by atoms with Crippen LogP contribution in [0, 0.1) is 0 Å². The maximum atomic E-state index is 5.01. The van der Waals surface area contributed by atoms with E-state index >= 15 is 0 Å². The van der Waals surface area contributed by atoms with E-state index in [-0.39, 0.29) is 3.62 Å². The zero-order valence-electron chi connectivity index (χ0n) is 1.78. The van der Waals surface area contributed by atoms with Gasteiger partial charge in [0, 0.05) is 0 Å². The molecule has 0 heterocycles. The first kappa shape index (κ1) is 5.14. The molecular formula is CHAsCl2. The molecule has 0 spiro atoms. The third kappa shape index (κ3) is 11.1. The second-order valence-corrected chi connectivity index (χ2v) is 3.78. The van der Waals surface area contributed by atoms with Gasteiger partial charge in [-0.1, -0.05) is 0 Å². The second kappa shape index (κ2) is 2.38. The van der Waals surface area contributed by atoms with Crippen LogP contribution < -0.4 is 0 Å². The van der Waals surface area contributed by atoms with Crippen LogP contribution >= 0.6 is 23.2 Å². The van der Waals surface area contributed by atoms with Crippen LogP contribution in [0.4, 0.5) is 0 Å². The van der Waals surface area contributed by atoms with E-state index in [1.54, 1.807) is 0 Å². The van der Waals surface area contributed by atoms with Crippen molar-refractivity contribution in [3.05, 3.63) is 0 Å². The van der Waals surface area contributed by atoms with Gasteiger partial charge in [-0.15, -0.1) is 0 Å². The molecule has 0 aliphatic carbocycles. The molecule has 0 aromatic heterocycles. The van der Waals surface area contributed by atoms with Crippen molar-refractivity contribution in [1.29, 1.82) is 0 Å². The van der Waals surface area contributed by atoms with E-state index in [0.717, 1.165) is 0 Å². The molecule has 0 aromatic rings. The first-order valence-electron chi connectivity index (χ1n) is 0.695. The molecule has 0 unspecified atom stereocenters. The molecule has 4 heavy (non-hydrogen) atoms. The van der Waals surface area contributed by atoms with E-state index < -0.39 is 0 Å². The molecule has 24 valence electrons. The predicted molar refractivity (Wildman–Crippen MR) is 21.2 cm³/mol. The van der Waals surface area contributed by atoms with Crippen molar-refractivity contribution in [2.75, 3.05) is 0 Å². The SMILES string of the molecule is ClC(Cl)[As]. The Hall–Kier alpha value is 1.14. The predicted octanol–water partition coefficient (Wildman–Crippen LogP) is 0.916. The second-order valence-electron chi connectivity index (χ2n) is 0.278. The monoisotopic (exact) mass is 158 g/mol. The van der Waals surface area contributed by atoms with Crippen molar-refractivity contribution in [1.82, 2.24) is 0 Å². The van der Waals surface area contributed by atoms with Crippen LogP contribution in [0.3, 0.4) is 0 Å². The molecule has 0 saturated carbocycles. The Morgan fingerprint density at radius 1 is 1.50 bits per heavy atom.